The zero-order valence-electron chi connectivity index (χ0n) is 12.2. The molecular weight excluding hydrogens is 312 g/mol. The number of nitrogens with zero attached hydrogens (tertiary/aromatic N) is 1. The fourth-order valence-corrected chi connectivity index (χ4v) is 2.70. The first-order valence-electron chi connectivity index (χ1n) is 7.21. The molecule has 0 aliphatic rings. The molecule has 2 aromatic carbocycles. The van der Waals surface area contributed by atoms with E-state index in [-0.39, 0.29) is 12.5 Å². The Morgan fingerprint density at radius 3 is 2.70 bits per heavy atom. The summed E-state index contributed by atoms with van der Waals surface area (Å²) in [5, 5.41) is 14.2. The van der Waals surface area contributed by atoms with Crippen molar-refractivity contribution in [3.8, 4) is 0 Å². The maximum atomic E-state index is 12.4. The molecule has 0 saturated carbocycles. The lowest BCUT2D eigenvalue weighted by Crippen LogP contribution is -2.28. The van der Waals surface area contributed by atoms with E-state index in [1.54, 1.807) is 36.5 Å². The van der Waals surface area contributed by atoms with Crippen LogP contribution in [-0.4, -0.2) is 22.5 Å². The average molecular weight is 327 g/mol. The number of amides is 1. The molecule has 0 radical (unpaired) electrons. The molecule has 3 aromatic rings. The molecular formula is C18H15ClN2O2. The van der Waals surface area contributed by atoms with E-state index in [0.717, 1.165) is 10.9 Å². The molecule has 0 saturated heterocycles. The fraction of sp³-hybridized carbons (Fsp3) is 0.111. The van der Waals surface area contributed by atoms with Gasteiger partial charge in [0.2, 0.25) is 0 Å². The van der Waals surface area contributed by atoms with Crippen molar-refractivity contribution < 1.29 is 9.90 Å². The van der Waals surface area contributed by atoms with Gasteiger partial charge in [0.25, 0.3) is 5.91 Å². The lowest BCUT2D eigenvalue weighted by Gasteiger charge is -2.14. The van der Waals surface area contributed by atoms with Gasteiger partial charge in [-0.1, -0.05) is 48.0 Å². The maximum Gasteiger partial charge on any atom is 0.252 e. The highest BCUT2D eigenvalue weighted by Gasteiger charge is 2.14. The van der Waals surface area contributed by atoms with Crippen LogP contribution in [0.1, 0.15) is 22.0 Å². The number of carbonyl (C=O) groups excluding carboxylic acids is 1. The quantitative estimate of drug-likeness (QED) is 0.773. The normalized spacial score (nSPS) is 12.1. The van der Waals surface area contributed by atoms with Crippen LogP contribution in [0, 0.1) is 0 Å². The minimum absolute atomic E-state index is 0.0826. The van der Waals surface area contributed by atoms with Crippen LogP contribution in [0.4, 0.5) is 0 Å². The molecule has 2 N–H and O–H groups in total. The third kappa shape index (κ3) is 3.33. The van der Waals surface area contributed by atoms with Gasteiger partial charge in [-0.15, -0.1) is 0 Å². The molecule has 1 atom stereocenters. The molecule has 23 heavy (non-hydrogen) atoms. The monoisotopic (exact) mass is 326 g/mol. The van der Waals surface area contributed by atoms with Gasteiger partial charge >= 0.3 is 0 Å². The van der Waals surface area contributed by atoms with E-state index in [4.69, 9.17) is 11.6 Å². The molecule has 0 spiro atoms. The lowest BCUT2D eigenvalue weighted by atomic mass is 10.1. The van der Waals surface area contributed by atoms with Crippen molar-refractivity contribution in [3.05, 3.63) is 76.9 Å². The van der Waals surface area contributed by atoms with Crippen LogP contribution in [0.5, 0.6) is 0 Å². The number of aliphatic hydroxyl groups excluding tert-OH is 1. The molecule has 3 rings (SSSR count). The number of fused-ring (bicyclic) bond motifs is 1. The van der Waals surface area contributed by atoms with Crippen LogP contribution >= 0.6 is 11.6 Å². The second-order valence-electron chi connectivity index (χ2n) is 5.12. The number of para-hydroxylation sites is 1. The molecule has 4 nitrogen and oxygen atoms in total. The van der Waals surface area contributed by atoms with Gasteiger partial charge in [0.05, 0.1) is 17.2 Å². The number of hydrogen-bond donors (Lipinski definition) is 2. The minimum Gasteiger partial charge on any atom is -0.387 e. The third-order valence-corrected chi connectivity index (χ3v) is 3.96. The summed E-state index contributed by atoms with van der Waals surface area (Å²) in [6, 6.07) is 16.1. The highest BCUT2D eigenvalue weighted by molar-refractivity contribution is 6.31. The Bertz CT molecular complexity index is 846. The lowest BCUT2D eigenvalue weighted by molar-refractivity contribution is 0.0918. The Balaban J connectivity index is 1.75. The van der Waals surface area contributed by atoms with Gasteiger partial charge in [-0.2, -0.15) is 0 Å². The summed E-state index contributed by atoms with van der Waals surface area (Å²) in [6.07, 6.45) is 0.739. The topological polar surface area (TPSA) is 62.2 Å². The first kappa shape index (κ1) is 15.5. The SMILES string of the molecule is O=C(NCC(O)c1ccccc1Cl)c1ccnc2ccccc12. The van der Waals surface area contributed by atoms with Crippen molar-refractivity contribution in [1.29, 1.82) is 0 Å². The van der Waals surface area contributed by atoms with Crippen LogP contribution in [-0.2, 0) is 0 Å². The van der Waals surface area contributed by atoms with Crippen molar-refractivity contribution in [2.24, 2.45) is 0 Å². The number of aromatic nitrogens is 1. The van der Waals surface area contributed by atoms with Gasteiger partial charge in [-0.05, 0) is 18.2 Å². The average Bonchev–Trinajstić information content (AvgIpc) is 2.59. The van der Waals surface area contributed by atoms with E-state index in [9.17, 15) is 9.90 Å². The Morgan fingerprint density at radius 1 is 1.13 bits per heavy atom. The van der Waals surface area contributed by atoms with E-state index in [0.29, 0.717) is 16.1 Å². The van der Waals surface area contributed by atoms with Crippen molar-refractivity contribution in [2.75, 3.05) is 6.54 Å². The van der Waals surface area contributed by atoms with Crippen LogP contribution in [0.25, 0.3) is 10.9 Å². The molecule has 0 aliphatic heterocycles. The Labute approximate surface area is 138 Å². The van der Waals surface area contributed by atoms with Crippen molar-refractivity contribution in [1.82, 2.24) is 10.3 Å². The minimum atomic E-state index is -0.860. The second-order valence-corrected chi connectivity index (χ2v) is 5.53. The van der Waals surface area contributed by atoms with Crippen molar-refractivity contribution in [2.45, 2.75) is 6.10 Å². The molecule has 0 bridgehead atoms. The summed E-state index contributed by atoms with van der Waals surface area (Å²) in [4.78, 5) is 16.6. The van der Waals surface area contributed by atoms with E-state index < -0.39 is 6.10 Å². The van der Waals surface area contributed by atoms with Crippen molar-refractivity contribution in [3.63, 3.8) is 0 Å². The molecule has 0 aliphatic carbocycles. The van der Waals surface area contributed by atoms with Gasteiger partial charge < -0.3 is 10.4 Å². The summed E-state index contributed by atoms with van der Waals surface area (Å²) in [7, 11) is 0. The van der Waals surface area contributed by atoms with Crippen LogP contribution in [0.15, 0.2) is 60.8 Å². The molecule has 1 amide bonds. The summed E-state index contributed by atoms with van der Waals surface area (Å²) in [5.41, 5.74) is 1.88. The van der Waals surface area contributed by atoms with Crippen LogP contribution in [0.2, 0.25) is 5.02 Å². The Kier molecular flexibility index (Phi) is 4.55. The van der Waals surface area contributed by atoms with E-state index in [1.807, 2.05) is 24.3 Å². The summed E-state index contributed by atoms with van der Waals surface area (Å²) in [5.74, 6) is -0.255. The number of pyridine rings is 1. The molecule has 1 unspecified atom stereocenters. The molecule has 0 fully saturated rings. The summed E-state index contributed by atoms with van der Waals surface area (Å²) >= 11 is 6.05. The number of halogens is 1. The summed E-state index contributed by atoms with van der Waals surface area (Å²) in [6.45, 7) is 0.0826. The fourth-order valence-electron chi connectivity index (χ4n) is 2.43. The first-order valence-corrected chi connectivity index (χ1v) is 7.59. The largest absolute Gasteiger partial charge is 0.387 e. The predicted octanol–water partition coefficient (Wildman–Crippen LogP) is 3.35. The molecule has 1 aromatic heterocycles. The van der Waals surface area contributed by atoms with Gasteiger partial charge in [0.1, 0.15) is 0 Å². The second kappa shape index (κ2) is 6.77. The smallest absolute Gasteiger partial charge is 0.252 e. The number of carbonyl (C=O) groups is 1. The number of nitrogens with one attached hydrogen (secondary N) is 1. The van der Waals surface area contributed by atoms with Gasteiger partial charge in [0.15, 0.2) is 0 Å². The Hall–Kier alpha value is -2.43. The number of benzene rings is 2. The molecule has 1 heterocycles. The van der Waals surface area contributed by atoms with Crippen molar-refractivity contribution >= 4 is 28.4 Å². The molecule has 5 heteroatoms. The summed E-state index contributed by atoms with van der Waals surface area (Å²) < 4.78 is 0. The van der Waals surface area contributed by atoms with Crippen LogP contribution in [0.3, 0.4) is 0 Å². The highest BCUT2D eigenvalue weighted by atomic mass is 35.5. The van der Waals surface area contributed by atoms with E-state index in [2.05, 4.69) is 10.3 Å². The van der Waals surface area contributed by atoms with E-state index >= 15 is 0 Å². The number of rotatable bonds is 4. The molecule has 116 valence electrons. The van der Waals surface area contributed by atoms with Crippen LogP contribution < -0.4 is 5.32 Å². The zero-order chi connectivity index (χ0) is 16.2. The maximum absolute atomic E-state index is 12.4. The zero-order valence-corrected chi connectivity index (χ0v) is 13.0. The van der Waals surface area contributed by atoms with E-state index in [1.165, 1.54) is 0 Å². The number of hydrogen-bond acceptors (Lipinski definition) is 3. The highest BCUT2D eigenvalue weighted by Crippen LogP contribution is 2.22. The predicted molar refractivity (Wildman–Crippen MR) is 90.5 cm³/mol. The van der Waals surface area contributed by atoms with Gasteiger partial charge in [-0.3, -0.25) is 9.78 Å². The third-order valence-electron chi connectivity index (χ3n) is 3.61. The first-order chi connectivity index (χ1) is 11.2. The standard InChI is InChI=1S/C18H15ClN2O2/c19-15-7-3-1-6-14(15)17(22)11-21-18(23)13-9-10-20-16-8-4-2-5-12(13)16/h1-10,17,22H,11H2,(H,21,23). The van der Waals surface area contributed by atoms with Gasteiger partial charge in [0, 0.05) is 28.7 Å². The number of aliphatic hydroxyl groups is 1. The Morgan fingerprint density at radius 2 is 1.87 bits per heavy atom. The van der Waals surface area contributed by atoms with Gasteiger partial charge in [-0.25, -0.2) is 0 Å².